The molecule has 0 atom stereocenters. The molecule has 0 aliphatic rings. The number of benzene rings is 2. The molecule has 0 fully saturated rings. The zero-order valence-electron chi connectivity index (χ0n) is 18.8. The van der Waals surface area contributed by atoms with Gasteiger partial charge in [-0.3, -0.25) is 10.00 Å². The highest BCUT2D eigenvalue weighted by atomic mass is 16.5. The quantitative estimate of drug-likeness (QED) is 0.364. The van der Waals surface area contributed by atoms with Gasteiger partial charge in [-0.25, -0.2) is 4.79 Å². The average Bonchev–Trinajstić information content (AvgIpc) is 3.43. The third-order valence-corrected chi connectivity index (χ3v) is 5.32. The van der Waals surface area contributed by atoms with Crippen LogP contribution in [0.25, 0.3) is 22.2 Å². The Morgan fingerprint density at radius 2 is 2.06 bits per heavy atom. The number of anilines is 2. The Hall–Kier alpha value is -4.01. The largest absolute Gasteiger partial charge is 0.493 e. The highest BCUT2D eigenvalue weighted by Gasteiger charge is 2.17. The smallest absolute Gasteiger partial charge is 0.411 e. The van der Waals surface area contributed by atoms with E-state index in [1.165, 1.54) is 0 Å². The number of nitrogens with two attached hydrogens (primary N) is 1. The number of ether oxygens (including phenoxy) is 2. The molecule has 0 bridgehead atoms. The summed E-state index contributed by atoms with van der Waals surface area (Å²) in [6, 6.07) is 13.5. The molecule has 0 aliphatic carbocycles. The molecule has 1 amide bonds. The fourth-order valence-corrected chi connectivity index (χ4v) is 3.88. The van der Waals surface area contributed by atoms with Crippen molar-refractivity contribution in [3.8, 4) is 17.0 Å². The summed E-state index contributed by atoms with van der Waals surface area (Å²) in [5.74, 6) is 0.789. The number of carbonyl (C=O) groups is 1. The highest BCUT2D eigenvalue weighted by Crippen LogP contribution is 2.38. The molecule has 0 saturated heterocycles. The van der Waals surface area contributed by atoms with E-state index < -0.39 is 6.09 Å². The summed E-state index contributed by atoms with van der Waals surface area (Å²) in [5, 5.41) is 11.5. The summed E-state index contributed by atoms with van der Waals surface area (Å²) < 4.78 is 14.9. The molecule has 0 unspecified atom stereocenters. The van der Waals surface area contributed by atoms with E-state index in [2.05, 4.69) is 27.1 Å². The second-order valence-electron chi connectivity index (χ2n) is 7.48. The topological polar surface area (TPSA) is 109 Å². The first kappa shape index (κ1) is 22.2. The number of hydrogen-bond donors (Lipinski definition) is 2. The van der Waals surface area contributed by atoms with Crippen LogP contribution in [0.1, 0.15) is 20.3 Å². The number of carbonyl (C=O) groups excluding carboxylic acids is 1. The van der Waals surface area contributed by atoms with Crippen molar-refractivity contribution in [3.05, 3.63) is 54.9 Å². The van der Waals surface area contributed by atoms with E-state index in [0.29, 0.717) is 24.6 Å². The maximum Gasteiger partial charge on any atom is 0.411 e. The number of aryl methyl sites for hydroxylation is 2. The van der Waals surface area contributed by atoms with Gasteiger partial charge < -0.3 is 19.8 Å². The summed E-state index contributed by atoms with van der Waals surface area (Å²) in [4.78, 5) is 11.8. The molecular formula is C24H28N6O3. The Bertz CT molecular complexity index is 1230. The first-order chi connectivity index (χ1) is 16.1. The van der Waals surface area contributed by atoms with Crippen LogP contribution in [0.2, 0.25) is 0 Å². The van der Waals surface area contributed by atoms with Crippen LogP contribution in [0, 0.1) is 0 Å². The van der Waals surface area contributed by atoms with Crippen molar-refractivity contribution in [3.63, 3.8) is 0 Å². The predicted octanol–water partition coefficient (Wildman–Crippen LogP) is 4.54. The SMILES string of the molecule is CCOC(=O)Nc1cccc(-c2c(N)c3ccc(OCCCn4ccnn4)cc3n2CC)c1. The lowest BCUT2D eigenvalue weighted by atomic mass is 10.1. The van der Waals surface area contributed by atoms with Crippen LogP contribution in [0.5, 0.6) is 5.75 Å². The normalized spacial score (nSPS) is 11.0. The van der Waals surface area contributed by atoms with E-state index in [-0.39, 0.29) is 0 Å². The zero-order chi connectivity index (χ0) is 23.2. The Kier molecular flexibility index (Phi) is 6.77. The Morgan fingerprint density at radius 1 is 1.18 bits per heavy atom. The number of amides is 1. The molecule has 9 heteroatoms. The minimum absolute atomic E-state index is 0.313. The lowest BCUT2D eigenvalue weighted by molar-refractivity contribution is 0.168. The van der Waals surface area contributed by atoms with Gasteiger partial charge in [0.1, 0.15) is 5.75 Å². The van der Waals surface area contributed by atoms with Gasteiger partial charge in [0.2, 0.25) is 0 Å². The van der Waals surface area contributed by atoms with Gasteiger partial charge >= 0.3 is 6.09 Å². The van der Waals surface area contributed by atoms with Crippen LogP contribution >= 0.6 is 0 Å². The number of hydrogen-bond acceptors (Lipinski definition) is 6. The van der Waals surface area contributed by atoms with Gasteiger partial charge in [-0.2, -0.15) is 0 Å². The van der Waals surface area contributed by atoms with E-state index in [4.69, 9.17) is 15.2 Å². The Morgan fingerprint density at radius 3 is 2.82 bits per heavy atom. The second kappa shape index (κ2) is 10.1. The van der Waals surface area contributed by atoms with Crippen LogP contribution in [0.4, 0.5) is 16.2 Å². The van der Waals surface area contributed by atoms with E-state index in [9.17, 15) is 4.79 Å². The molecule has 2 aromatic heterocycles. The molecule has 3 N–H and O–H groups in total. The fraction of sp³-hybridized carbons (Fsp3) is 0.292. The molecule has 33 heavy (non-hydrogen) atoms. The fourth-order valence-electron chi connectivity index (χ4n) is 3.88. The van der Waals surface area contributed by atoms with Gasteiger partial charge in [0.25, 0.3) is 0 Å². The average molecular weight is 449 g/mol. The molecule has 2 heterocycles. The summed E-state index contributed by atoms with van der Waals surface area (Å²) in [7, 11) is 0. The maximum atomic E-state index is 11.8. The molecular weight excluding hydrogens is 420 g/mol. The van der Waals surface area contributed by atoms with E-state index >= 15 is 0 Å². The second-order valence-corrected chi connectivity index (χ2v) is 7.48. The molecule has 0 spiro atoms. The van der Waals surface area contributed by atoms with Crippen LogP contribution in [0.15, 0.2) is 54.9 Å². The zero-order valence-corrected chi connectivity index (χ0v) is 18.8. The molecule has 9 nitrogen and oxygen atoms in total. The van der Waals surface area contributed by atoms with Gasteiger partial charge in [-0.1, -0.05) is 17.3 Å². The molecule has 4 rings (SSSR count). The molecule has 2 aromatic carbocycles. The Balaban J connectivity index is 1.57. The molecule has 0 saturated carbocycles. The third kappa shape index (κ3) is 4.92. The van der Waals surface area contributed by atoms with Crippen LogP contribution in [0.3, 0.4) is 0 Å². The summed E-state index contributed by atoms with van der Waals surface area (Å²) in [6.07, 6.45) is 3.84. The van der Waals surface area contributed by atoms with Gasteiger partial charge in [-0.05, 0) is 38.1 Å². The molecule has 0 radical (unpaired) electrons. The lowest BCUT2D eigenvalue weighted by Crippen LogP contribution is -2.13. The van der Waals surface area contributed by atoms with Gasteiger partial charge in [0.05, 0.1) is 36.3 Å². The summed E-state index contributed by atoms with van der Waals surface area (Å²) >= 11 is 0. The van der Waals surface area contributed by atoms with Gasteiger partial charge in [0, 0.05) is 48.4 Å². The van der Waals surface area contributed by atoms with Crippen LogP contribution in [-0.2, 0) is 17.8 Å². The number of nitrogens with one attached hydrogen (secondary N) is 1. The molecule has 172 valence electrons. The first-order valence-electron chi connectivity index (χ1n) is 11.0. The third-order valence-electron chi connectivity index (χ3n) is 5.32. The number of aromatic nitrogens is 4. The number of fused-ring (bicyclic) bond motifs is 1. The number of nitrogens with zero attached hydrogens (tertiary/aromatic N) is 4. The van der Waals surface area contributed by atoms with Crippen molar-refractivity contribution in [1.82, 2.24) is 19.6 Å². The molecule has 4 aromatic rings. The van der Waals surface area contributed by atoms with Gasteiger partial charge in [0.15, 0.2) is 0 Å². The van der Waals surface area contributed by atoms with E-state index in [0.717, 1.165) is 47.4 Å². The van der Waals surface area contributed by atoms with Crippen molar-refractivity contribution in [1.29, 1.82) is 0 Å². The number of rotatable bonds is 9. The lowest BCUT2D eigenvalue weighted by Gasteiger charge is -2.12. The van der Waals surface area contributed by atoms with E-state index in [1.54, 1.807) is 17.8 Å². The monoisotopic (exact) mass is 448 g/mol. The van der Waals surface area contributed by atoms with Gasteiger partial charge in [-0.15, -0.1) is 5.10 Å². The minimum Gasteiger partial charge on any atom is -0.493 e. The standard InChI is InChI=1S/C24H28N6O3/c1-3-30-21-16-19(33-14-6-12-29-13-11-26-28-29)9-10-20(21)22(25)23(30)17-7-5-8-18(15-17)27-24(31)32-4-2/h5,7-11,13,15-16H,3-4,6,12,14,25H2,1-2H3,(H,27,31). The van der Waals surface area contributed by atoms with Crippen molar-refractivity contribution < 1.29 is 14.3 Å². The van der Waals surface area contributed by atoms with Crippen molar-refractivity contribution in [2.75, 3.05) is 24.3 Å². The molecule has 0 aliphatic heterocycles. The minimum atomic E-state index is -0.482. The van der Waals surface area contributed by atoms with Crippen LogP contribution < -0.4 is 15.8 Å². The predicted molar refractivity (Wildman–Crippen MR) is 128 cm³/mol. The van der Waals surface area contributed by atoms with Crippen molar-refractivity contribution in [2.24, 2.45) is 0 Å². The maximum absolute atomic E-state index is 11.8. The first-order valence-corrected chi connectivity index (χ1v) is 11.0. The van der Waals surface area contributed by atoms with Crippen molar-refractivity contribution in [2.45, 2.75) is 33.4 Å². The van der Waals surface area contributed by atoms with Crippen molar-refractivity contribution >= 4 is 28.4 Å². The summed E-state index contributed by atoms with van der Waals surface area (Å²) in [5.41, 5.74) is 10.7. The highest BCUT2D eigenvalue weighted by molar-refractivity contribution is 6.02. The Labute approximate surface area is 192 Å². The van der Waals surface area contributed by atoms with Crippen LogP contribution in [-0.4, -0.2) is 38.9 Å². The summed E-state index contributed by atoms with van der Waals surface area (Å²) in [6.45, 7) is 6.21. The van der Waals surface area contributed by atoms with E-state index in [1.807, 2.05) is 48.7 Å². The number of nitrogen functional groups attached to an aromatic ring is 1.